The SMILES string of the molecule is CCCNCc1cc(C)ccc1Sc1ccccc1. The van der Waals surface area contributed by atoms with Crippen LogP contribution in [0.2, 0.25) is 0 Å². The van der Waals surface area contributed by atoms with Crippen LogP contribution in [0.25, 0.3) is 0 Å². The van der Waals surface area contributed by atoms with E-state index < -0.39 is 0 Å². The Balaban J connectivity index is 2.14. The Bertz CT molecular complexity index is 508. The van der Waals surface area contributed by atoms with Crippen molar-refractivity contribution < 1.29 is 0 Å². The number of rotatable bonds is 6. The molecule has 0 amide bonds. The average molecular weight is 271 g/mol. The van der Waals surface area contributed by atoms with Crippen molar-refractivity contribution in [3.8, 4) is 0 Å². The molecule has 1 N–H and O–H groups in total. The highest BCUT2D eigenvalue weighted by Gasteiger charge is 2.04. The van der Waals surface area contributed by atoms with Crippen LogP contribution in [-0.2, 0) is 6.54 Å². The van der Waals surface area contributed by atoms with E-state index in [4.69, 9.17) is 0 Å². The van der Waals surface area contributed by atoms with E-state index in [1.54, 1.807) is 0 Å². The van der Waals surface area contributed by atoms with Gasteiger partial charge in [-0.25, -0.2) is 0 Å². The molecule has 0 aliphatic rings. The molecular weight excluding hydrogens is 250 g/mol. The van der Waals surface area contributed by atoms with Crippen LogP contribution in [0.1, 0.15) is 24.5 Å². The van der Waals surface area contributed by atoms with Crippen molar-refractivity contribution in [2.45, 2.75) is 36.6 Å². The summed E-state index contributed by atoms with van der Waals surface area (Å²) in [6.07, 6.45) is 1.17. The molecule has 1 nitrogen and oxygen atoms in total. The van der Waals surface area contributed by atoms with Gasteiger partial charge in [-0.15, -0.1) is 0 Å². The van der Waals surface area contributed by atoms with Gasteiger partial charge in [0.05, 0.1) is 0 Å². The quantitative estimate of drug-likeness (QED) is 0.768. The Morgan fingerprint density at radius 3 is 2.58 bits per heavy atom. The highest BCUT2D eigenvalue weighted by Crippen LogP contribution is 2.30. The molecule has 0 bridgehead atoms. The smallest absolute Gasteiger partial charge is 0.0216 e. The Morgan fingerprint density at radius 2 is 1.84 bits per heavy atom. The van der Waals surface area contributed by atoms with Crippen LogP contribution in [0.4, 0.5) is 0 Å². The predicted octanol–water partition coefficient (Wildman–Crippen LogP) is 4.65. The minimum atomic E-state index is 0.949. The third-order valence-electron chi connectivity index (χ3n) is 2.93. The predicted molar refractivity (Wildman–Crippen MR) is 83.7 cm³/mol. The van der Waals surface area contributed by atoms with E-state index in [2.05, 4.69) is 67.7 Å². The van der Waals surface area contributed by atoms with Gasteiger partial charge in [-0.3, -0.25) is 0 Å². The summed E-state index contributed by atoms with van der Waals surface area (Å²) in [7, 11) is 0. The van der Waals surface area contributed by atoms with Gasteiger partial charge < -0.3 is 5.32 Å². The Hall–Kier alpha value is -1.25. The summed E-state index contributed by atoms with van der Waals surface area (Å²) >= 11 is 1.84. The van der Waals surface area contributed by atoms with Crippen molar-refractivity contribution in [1.29, 1.82) is 0 Å². The zero-order chi connectivity index (χ0) is 13.5. The van der Waals surface area contributed by atoms with Crippen LogP contribution in [0.3, 0.4) is 0 Å². The van der Waals surface area contributed by atoms with E-state index in [9.17, 15) is 0 Å². The number of nitrogens with one attached hydrogen (secondary N) is 1. The van der Waals surface area contributed by atoms with Gasteiger partial charge in [0.15, 0.2) is 0 Å². The molecule has 2 rings (SSSR count). The molecule has 0 aliphatic heterocycles. The zero-order valence-electron chi connectivity index (χ0n) is 11.6. The molecule has 2 aromatic rings. The fraction of sp³-hybridized carbons (Fsp3) is 0.294. The summed E-state index contributed by atoms with van der Waals surface area (Å²) in [5, 5.41) is 3.49. The molecule has 0 fully saturated rings. The van der Waals surface area contributed by atoms with E-state index in [0.717, 1.165) is 13.1 Å². The molecule has 2 heteroatoms. The molecule has 0 radical (unpaired) electrons. The number of hydrogen-bond acceptors (Lipinski definition) is 2. The first-order valence-corrected chi connectivity index (χ1v) is 7.64. The van der Waals surface area contributed by atoms with E-state index >= 15 is 0 Å². The molecule has 0 aromatic heterocycles. The molecule has 2 aromatic carbocycles. The first-order chi connectivity index (χ1) is 9.29. The van der Waals surface area contributed by atoms with Crippen LogP contribution in [0.15, 0.2) is 58.3 Å². The number of benzene rings is 2. The monoisotopic (exact) mass is 271 g/mol. The number of hydrogen-bond donors (Lipinski definition) is 1. The van der Waals surface area contributed by atoms with Gasteiger partial charge in [0, 0.05) is 16.3 Å². The average Bonchev–Trinajstić information content (AvgIpc) is 2.43. The van der Waals surface area contributed by atoms with Gasteiger partial charge in [0.25, 0.3) is 0 Å². The summed E-state index contributed by atoms with van der Waals surface area (Å²) in [4.78, 5) is 2.64. The maximum Gasteiger partial charge on any atom is 0.0216 e. The molecule has 0 saturated carbocycles. The standard InChI is InChI=1S/C17H21NS/c1-3-11-18-13-15-12-14(2)9-10-17(15)19-16-7-5-4-6-8-16/h4-10,12,18H,3,11,13H2,1-2H3. The maximum absolute atomic E-state index is 3.49. The summed E-state index contributed by atoms with van der Waals surface area (Å²) in [6, 6.07) is 17.3. The topological polar surface area (TPSA) is 12.0 Å². The van der Waals surface area contributed by atoms with E-state index in [1.807, 2.05) is 11.8 Å². The summed E-state index contributed by atoms with van der Waals surface area (Å²) in [6.45, 7) is 6.37. The summed E-state index contributed by atoms with van der Waals surface area (Å²) in [5.74, 6) is 0. The fourth-order valence-corrected chi connectivity index (χ4v) is 2.91. The van der Waals surface area contributed by atoms with Crippen LogP contribution in [-0.4, -0.2) is 6.54 Å². The second kappa shape index (κ2) is 7.37. The number of aryl methyl sites for hydroxylation is 1. The van der Waals surface area contributed by atoms with Crippen molar-refractivity contribution in [3.63, 3.8) is 0 Å². The minimum absolute atomic E-state index is 0.949. The van der Waals surface area contributed by atoms with Gasteiger partial charge in [-0.05, 0) is 43.7 Å². The lowest BCUT2D eigenvalue weighted by Crippen LogP contribution is -2.14. The second-order valence-corrected chi connectivity index (χ2v) is 5.82. The fourth-order valence-electron chi connectivity index (χ4n) is 1.96. The third-order valence-corrected chi connectivity index (χ3v) is 4.06. The molecule has 0 unspecified atom stereocenters. The Morgan fingerprint density at radius 1 is 1.05 bits per heavy atom. The normalized spacial score (nSPS) is 10.6. The first kappa shape index (κ1) is 14.2. The van der Waals surface area contributed by atoms with Crippen LogP contribution in [0, 0.1) is 6.92 Å². The molecular formula is C17H21NS. The molecule has 19 heavy (non-hydrogen) atoms. The van der Waals surface area contributed by atoms with Gasteiger partial charge in [-0.1, -0.05) is 54.6 Å². The molecule has 0 heterocycles. The van der Waals surface area contributed by atoms with Crippen molar-refractivity contribution in [3.05, 3.63) is 59.7 Å². The lowest BCUT2D eigenvalue weighted by atomic mass is 10.1. The van der Waals surface area contributed by atoms with Crippen LogP contribution in [0.5, 0.6) is 0 Å². The highest BCUT2D eigenvalue weighted by atomic mass is 32.2. The third kappa shape index (κ3) is 4.41. The molecule has 0 spiro atoms. The first-order valence-electron chi connectivity index (χ1n) is 6.82. The highest BCUT2D eigenvalue weighted by molar-refractivity contribution is 7.99. The second-order valence-electron chi connectivity index (χ2n) is 4.70. The van der Waals surface area contributed by atoms with Crippen LogP contribution < -0.4 is 5.32 Å². The van der Waals surface area contributed by atoms with Gasteiger partial charge in [0.2, 0.25) is 0 Å². The van der Waals surface area contributed by atoms with Gasteiger partial charge in [-0.2, -0.15) is 0 Å². The van der Waals surface area contributed by atoms with Gasteiger partial charge >= 0.3 is 0 Å². The van der Waals surface area contributed by atoms with E-state index in [0.29, 0.717) is 0 Å². The lowest BCUT2D eigenvalue weighted by Gasteiger charge is -2.11. The van der Waals surface area contributed by atoms with Crippen LogP contribution >= 0.6 is 11.8 Å². The molecule has 100 valence electrons. The van der Waals surface area contributed by atoms with Crippen molar-refractivity contribution >= 4 is 11.8 Å². The van der Waals surface area contributed by atoms with Crippen molar-refractivity contribution in [2.75, 3.05) is 6.54 Å². The molecule has 0 atom stereocenters. The summed E-state index contributed by atoms with van der Waals surface area (Å²) in [5.41, 5.74) is 2.72. The minimum Gasteiger partial charge on any atom is -0.313 e. The van der Waals surface area contributed by atoms with E-state index in [-0.39, 0.29) is 0 Å². The molecule has 0 saturated heterocycles. The van der Waals surface area contributed by atoms with Crippen molar-refractivity contribution in [1.82, 2.24) is 5.32 Å². The van der Waals surface area contributed by atoms with Crippen molar-refractivity contribution in [2.24, 2.45) is 0 Å². The van der Waals surface area contributed by atoms with E-state index in [1.165, 1.54) is 27.3 Å². The van der Waals surface area contributed by atoms with Gasteiger partial charge in [0.1, 0.15) is 0 Å². The Labute approximate surface area is 120 Å². The molecule has 0 aliphatic carbocycles. The Kier molecular flexibility index (Phi) is 5.49. The largest absolute Gasteiger partial charge is 0.313 e. The maximum atomic E-state index is 3.49. The zero-order valence-corrected chi connectivity index (χ0v) is 12.5. The summed E-state index contributed by atoms with van der Waals surface area (Å²) < 4.78 is 0. The lowest BCUT2D eigenvalue weighted by molar-refractivity contribution is 0.669.